The number of likely N-dealkylation sites (N-methyl/N-ethyl adjacent to an activating group) is 1. The van der Waals surface area contributed by atoms with Crippen molar-refractivity contribution in [2.24, 2.45) is 0 Å². The number of anilines is 2. The average molecular weight is 420 g/mol. The number of carbonyl (C=O) groups excluding carboxylic acids is 1. The Morgan fingerprint density at radius 3 is 2.42 bits per heavy atom. The molecule has 0 aromatic heterocycles. The van der Waals surface area contributed by atoms with E-state index in [2.05, 4.69) is 29.2 Å². The van der Waals surface area contributed by atoms with Crippen LogP contribution in [0.4, 0.5) is 15.8 Å². The number of hydrogen-bond acceptors (Lipinski definition) is 4. The summed E-state index contributed by atoms with van der Waals surface area (Å²) in [5.41, 5.74) is 1.72. The molecular formula is C25H26FN3O2. The lowest BCUT2D eigenvalue weighted by Gasteiger charge is -2.22. The van der Waals surface area contributed by atoms with E-state index in [9.17, 15) is 9.18 Å². The SMILES string of the molecule is CN(C)C1CCN(c2ccc(NC(=O)c3ccc(Oc4ccccc4)cc3F)cc2)C1. The van der Waals surface area contributed by atoms with E-state index < -0.39 is 11.7 Å². The molecule has 1 amide bonds. The molecule has 1 atom stereocenters. The van der Waals surface area contributed by atoms with Crippen molar-refractivity contribution in [1.82, 2.24) is 4.90 Å². The van der Waals surface area contributed by atoms with Crippen molar-refractivity contribution >= 4 is 17.3 Å². The molecule has 1 N–H and O–H groups in total. The molecule has 1 heterocycles. The van der Waals surface area contributed by atoms with Crippen LogP contribution in [-0.2, 0) is 0 Å². The van der Waals surface area contributed by atoms with Crippen molar-refractivity contribution in [3.05, 3.63) is 84.2 Å². The van der Waals surface area contributed by atoms with E-state index in [-0.39, 0.29) is 5.56 Å². The molecule has 0 saturated carbocycles. The summed E-state index contributed by atoms with van der Waals surface area (Å²) in [5.74, 6) is -0.181. The van der Waals surface area contributed by atoms with Crippen LogP contribution in [0.25, 0.3) is 0 Å². The molecule has 0 spiro atoms. The summed E-state index contributed by atoms with van der Waals surface area (Å²) in [6.45, 7) is 2.00. The lowest BCUT2D eigenvalue weighted by molar-refractivity contribution is 0.102. The van der Waals surface area contributed by atoms with Crippen molar-refractivity contribution in [3.8, 4) is 11.5 Å². The number of nitrogens with one attached hydrogen (secondary N) is 1. The van der Waals surface area contributed by atoms with Gasteiger partial charge in [0.15, 0.2) is 0 Å². The smallest absolute Gasteiger partial charge is 0.258 e. The van der Waals surface area contributed by atoms with Gasteiger partial charge in [0, 0.05) is 36.6 Å². The van der Waals surface area contributed by atoms with Gasteiger partial charge in [-0.2, -0.15) is 0 Å². The zero-order valence-corrected chi connectivity index (χ0v) is 17.7. The molecule has 1 saturated heterocycles. The van der Waals surface area contributed by atoms with Gasteiger partial charge in [-0.1, -0.05) is 18.2 Å². The van der Waals surface area contributed by atoms with E-state index >= 15 is 0 Å². The summed E-state index contributed by atoms with van der Waals surface area (Å²) in [7, 11) is 4.21. The minimum absolute atomic E-state index is 0.0298. The van der Waals surface area contributed by atoms with Gasteiger partial charge in [-0.15, -0.1) is 0 Å². The summed E-state index contributed by atoms with van der Waals surface area (Å²) in [6.07, 6.45) is 1.13. The zero-order valence-electron chi connectivity index (χ0n) is 17.7. The largest absolute Gasteiger partial charge is 0.457 e. The van der Waals surface area contributed by atoms with Gasteiger partial charge in [0.2, 0.25) is 0 Å². The minimum atomic E-state index is -0.630. The molecule has 0 aliphatic carbocycles. The number of amides is 1. The molecule has 31 heavy (non-hydrogen) atoms. The van der Waals surface area contributed by atoms with Crippen LogP contribution < -0.4 is 15.0 Å². The molecule has 0 bridgehead atoms. The Morgan fingerprint density at radius 2 is 1.77 bits per heavy atom. The Kier molecular flexibility index (Phi) is 6.18. The molecule has 6 heteroatoms. The van der Waals surface area contributed by atoms with E-state index in [1.165, 1.54) is 12.1 Å². The van der Waals surface area contributed by atoms with Crippen molar-refractivity contribution < 1.29 is 13.9 Å². The van der Waals surface area contributed by atoms with Gasteiger partial charge in [-0.3, -0.25) is 4.79 Å². The van der Waals surface area contributed by atoms with E-state index in [1.54, 1.807) is 18.2 Å². The van der Waals surface area contributed by atoms with Crippen LogP contribution >= 0.6 is 0 Å². The Labute approximate surface area is 182 Å². The third-order valence-corrected chi connectivity index (χ3v) is 5.55. The molecule has 3 aromatic carbocycles. The highest BCUT2D eigenvalue weighted by Crippen LogP contribution is 2.26. The van der Waals surface area contributed by atoms with Gasteiger partial charge >= 0.3 is 0 Å². The molecule has 1 aliphatic heterocycles. The van der Waals surface area contributed by atoms with Crippen molar-refractivity contribution in [2.45, 2.75) is 12.5 Å². The van der Waals surface area contributed by atoms with Crippen LogP contribution in [0, 0.1) is 5.82 Å². The first kappa shape index (κ1) is 20.9. The van der Waals surface area contributed by atoms with Crippen molar-refractivity contribution in [1.29, 1.82) is 0 Å². The van der Waals surface area contributed by atoms with Crippen molar-refractivity contribution in [3.63, 3.8) is 0 Å². The third-order valence-electron chi connectivity index (χ3n) is 5.55. The second kappa shape index (κ2) is 9.18. The molecule has 1 unspecified atom stereocenters. The highest BCUT2D eigenvalue weighted by atomic mass is 19.1. The van der Waals surface area contributed by atoms with Crippen LogP contribution in [0.3, 0.4) is 0 Å². The predicted molar refractivity (Wildman–Crippen MR) is 122 cm³/mol. The number of nitrogens with zero attached hydrogens (tertiary/aromatic N) is 2. The quantitative estimate of drug-likeness (QED) is 0.610. The van der Waals surface area contributed by atoms with Gasteiger partial charge in [0.05, 0.1) is 5.56 Å². The Balaban J connectivity index is 1.39. The third kappa shape index (κ3) is 5.03. The Hall–Kier alpha value is -3.38. The lowest BCUT2D eigenvalue weighted by Crippen LogP contribution is -2.31. The Morgan fingerprint density at radius 1 is 1.03 bits per heavy atom. The maximum absolute atomic E-state index is 14.5. The maximum Gasteiger partial charge on any atom is 0.258 e. The molecule has 1 aliphatic rings. The fraction of sp³-hybridized carbons (Fsp3) is 0.240. The zero-order chi connectivity index (χ0) is 21.8. The summed E-state index contributed by atoms with van der Waals surface area (Å²) in [4.78, 5) is 17.1. The number of ether oxygens (including phenoxy) is 1. The van der Waals surface area contributed by atoms with Gasteiger partial charge < -0.3 is 19.9 Å². The van der Waals surface area contributed by atoms with E-state index in [1.807, 2.05) is 42.5 Å². The molecule has 1 fully saturated rings. The first-order valence-corrected chi connectivity index (χ1v) is 10.3. The summed E-state index contributed by atoms with van der Waals surface area (Å²) in [5, 5.41) is 2.77. The molecule has 5 nitrogen and oxygen atoms in total. The van der Waals surface area contributed by atoms with E-state index in [4.69, 9.17) is 4.74 Å². The second-order valence-electron chi connectivity index (χ2n) is 7.91. The van der Waals surface area contributed by atoms with Gasteiger partial charge in [0.25, 0.3) is 5.91 Å². The number of benzene rings is 3. The van der Waals surface area contributed by atoms with Gasteiger partial charge in [-0.05, 0) is 69.0 Å². The normalized spacial score (nSPS) is 15.9. The molecule has 3 aromatic rings. The average Bonchev–Trinajstić information content (AvgIpc) is 3.26. The highest BCUT2D eigenvalue weighted by molar-refractivity contribution is 6.04. The minimum Gasteiger partial charge on any atom is -0.457 e. The molecule has 0 radical (unpaired) electrons. The molecule has 160 valence electrons. The summed E-state index contributed by atoms with van der Waals surface area (Å²) < 4.78 is 20.1. The number of carbonyl (C=O) groups is 1. The van der Waals surface area contributed by atoms with Crippen LogP contribution in [-0.4, -0.2) is 44.0 Å². The second-order valence-corrected chi connectivity index (χ2v) is 7.91. The fourth-order valence-corrected chi connectivity index (χ4v) is 3.72. The number of para-hydroxylation sites is 1. The number of rotatable bonds is 6. The standard InChI is InChI=1S/C25H26FN3O2/c1-28(2)20-14-15-29(17-20)19-10-8-18(9-11-19)27-25(30)23-13-12-22(16-24(23)26)31-21-6-4-3-5-7-21/h3-13,16,20H,14-15,17H2,1-2H3,(H,27,30). The van der Waals surface area contributed by atoms with Crippen LogP contribution in [0.5, 0.6) is 11.5 Å². The predicted octanol–water partition coefficient (Wildman–Crippen LogP) is 5.01. The number of hydrogen-bond donors (Lipinski definition) is 1. The topological polar surface area (TPSA) is 44.8 Å². The molecular weight excluding hydrogens is 393 g/mol. The summed E-state index contributed by atoms with van der Waals surface area (Å²) in [6, 6.07) is 21.6. The van der Waals surface area contributed by atoms with Crippen LogP contribution in [0.1, 0.15) is 16.8 Å². The Bertz CT molecular complexity index is 1040. The molecule has 4 rings (SSSR count). The summed E-state index contributed by atoms with van der Waals surface area (Å²) >= 11 is 0. The highest BCUT2D eigenvalue weighted by Gasteiger charge is 2.24. The first-order chi connectivity index (χ1) is 15.0. The monoisotopic (exact) mass is 419 g/mol. The van der Waals surface area contributed by atoms with Gasteiger partial charge in [0.1, 0.15) is 17.3 Å². The van der Waals surface area contributed by atoms with Crippen LogP contribution in [0.15, 0.2) is 72.8 Å². The van der Waals surface area contributed by atoms with Crippen LogP contribution in [0.2, 0.25) is 0 Å². The maximum atomic E-state index is 14.5. The first-order valence-electron chi connectivity index (χ1n) is 10.3. The lowest BCUT2D eigenvalue weighted by atomic mass is 10.1. The fourth-order valence-electron chi connectivity index (χ4n) is 3.72. The van der Waals surface area contributed by atoms with E-state index in [0.717, 1.165) is 25.2 Å². The van der Waals surface area contributed by atoms with E-state index in [0.29, 0.717) is 23.2 Å². The van der Waals surface area contributed by atoms with Gasteiger partial charge in [-0.25, -0.2) is 4.39 Å². The van der Waals surface area contributed by atoms with Crippen molar-refractivity contribution in [2.75, 3.05) is 37.4 Å². The number of halogens is 1.